The van der Waals surface area contributed by atoms with Gasteiger partial charge in [0, 0.05) is 18.2 Å². The lowest BCUT2D eigenvalue weighted by molar-refractivity contribution is -0.122. The van der Waals surface area contributed by atoms with Gasteiger partial charge in [0.15, 0.2) is 11.6 Å². The molecule has 3 rings (SSSR count). The molecule has 0 N–H and O–H groups in total. The van der Waals surface area contributed by atoms with Crippen LogP contribution in [0.3, 0.4) is 0 Å². The van der Waals surface area contributed by atoms with E-state index < -0.39 is 34.8 Å². The van der Waals surface area contributed by atoms with Gasteiger partial charge in [-0.3, -0.25) is 4.79 Å². The molecule has 0 saturated carbocycles. The summed E-state index contributed by atoms with van der Waals surface area (Å²) in [5.41, 5.74) is -0.570. The van der Waals surface area contributed by atoms with Gasteiger partial charge in [0.2, 0.25) is 5.91 Å². The number of anilines is 1. The van der Waals surface area contributed by atoms with Gasteiger partial charge in [0.25, 0.3) is 0 Å². The molecule has 3 amide bonds. The van der Waals surface area contributed by atoms with E-state index in [1.54, 1.807) is 19.1 Å². The van der Waals surface area contributed by atoms with E-state index in [1.807, 2.05) is 32.0 Å². The Morgan fingerprint density at radius 1 is 1.00 bits per heavy atom. The van der Waals surface area contributed by atoms with Crippen LogP contribution in [0.25, 0.3) is 0 Å². The third kappa shape index (κ3) is 3.73. The summed E-state index contributed by atoms with van der Waals surface area (Å²) in [5, 5.41) is 0. The SMILES string of the molecule is CC(C)[C@]1(C)CC(=O)N(c2c(F)cc(C#Cc3ccccc3)cc2F)C(=O)N1C. The van der Waals surface area contributed by atoms with Gasteiger partial charge in [0.05, 0.1) is 12.0 Å². The largest absolute Gasteiger partial charge is 0.331 e. The third-order valence-corrected chi connectivity index (χ3v) is 5.61. The Hall–Kier alpha value is -3.20. The van der Waals surface area contributed by atoms with Gasteiger partial charge < -0.3 is 4.90 Å². The fourth-order valence-corrected chi connectivity index (χ4v) is 3.31. The fourth-order valence-electron chi connectivity index (χ4n) is 3.31. The minimum Gasteiger partial charge on any atom is -0.321 e. The summed E-state index contributed by atoms with van der Waals surface area (Å²) < 4.78 is 29.5. The molecular formula is C23H22F2N2O2. The Labute approximate surface area is 169 Å². The second-order valence-electron chi connectivity index (χ2n) is 7.66. The normalized spacial score (nSPS) is 19.4. The molecule has 1 atom stereocenters. The van der Waals surface area contributed by atoms with Gasteiger partial charge in [-0.1, -0.05) is 43.9 Å². The van der Waals surface area contributed by atoms with Crippen LogP contribution in [0.1, 0.15) is 38.3 Å². The Bertz CT molecular complexity index is 1000. The van der Waals surface area contributed by atoms with Gasteiger partial charge in [-0.25, -0.2) is 18.5 Å². The van der Waals surface area contributed by atoms with Crippen LogP contribution < -0.4 is 4.90 Å². The molecule has 0 radical (unpaired) electrons. The lowest BCUT2D eigenvalue weighted by Crippen LogP contribution is -2.63. The molecule has 6 heteroatoms. The van der Waals surface area contributed by atoms with Crippen LogP contribution in [-0.2, 0) is 4.79 Å². The molecule has 4 nitrogen and oxygen atoms in total. The molecule has 0 aliphatic carbocycles. The first-order valence-electron chi connectivity index (χ1n) is 9.32. The number of carbonyl (C=O) groups is 2. The smallest absolute Gasteiger partial charge is 0.321 e. The highest BCUT2D eigenvalue weighted by Gasteiger charge is 2.48. The van der Waals surface area contributed by atoms with E-state index in [4.69, 9.17) is 0 Å². The van der Waals surface area contributed by atoms with Crippen LogP contribution >= 0.6 is 0 Å². The molecule has 0 spiro atoms. The first kappa shape index (κ1) is 20.5. The van der Waals surface area contributed by atoms with Crippen LogP contribution in [-0.4, -0.2) is 29.4 Å². The van der Waals surface area contributed by atoms with Crippen molar-refractivity contribution in [3.8, 4) is 11.8 Å². The maximum absolute atomic E-state index is 14.8. The van der Waals surface area contributed by atoms with Crippen molar-refractivity contribution in [2.75, 3.05) is 11.9 Å². The number of benzene rings is 2. The average Bonchev–Trinajstić information content (AvgIpc) is 2.67. The van der Waals surface area contributed by atoms with Crippen LogP contribution in [0.4, 0.5) is 19.3 Å². The van der Waals surface area contributed by atoms with E-state index in [1.165, 1.54) is 11.9 Å². The predicted molar refractivity (Wildman–Crippen MR) is 107 cm³/mol. The molecular weight excluding hydrogens is 374 g/mol. The molecule has 1 saturated heterocycles. The van der Waals surface area contributed by atoms with Crippen molar-refractivity contribution in [3.63, 3.8) is 0 Å². The number of hydrogen-bond donors (Lipinski definition) is 0. The van der Waals surface area contributed by atoms with Gasteiger partial charge >= 0.3 is 6.03 Å². The summed E-state index contributed by atoms with van der Waals surface area (Å²) >= 11 is 0. The van der Waals surface area contributed by atoms with Crippen LogP contribution in [0.5, 0.6) is 0 Å². The second kappa shape index (κ2) is 7.67. The standard InChI is InChI=1S/C23H22F2N2O2/c1-15(2)23(3)14-20(28)27(22(29)26(23)4)21-18(24)12-17(13-19(21)25)11-10-16-8-6-5-7-9-16/h5-9,12-13,15H,14H2,1-4H3/t23-/m0/s1. The second-order valence-corrected chi connectivity index (χ2v) is 7.66. The quantitative estimate of drug-likeness (QED) is 0.698. The van der Waals surface area contributed by atoms with Crippen LogP contribution in [0.15, 0.2) is 42.5 Å². The minimum absolute atomic E-state index is 0.00659. The summed E-state index contributed by atoms with van der Waals surface area (Å²) in [4.78, 5) is 27.5. The van der Waals surface area contributed by atoms with E-state index in [0.29, 0.717) is 10.5 Å². The summed E-state index contributed by atoms with van der Waals surface area (Å²) in [6.07, 6.45) is -0.0264. The molecule has 29 heavy (non-hydrogen) atoms. The lowest BCUT2D eigenvalue weighted by Gasteiger charge is -2.48. The van der Waals surface area contributed by atoms with Gasteiger partial charge in [0.1, 0.15) is 5.69 Å². The monoisotopic (exact) mass is 396 g/mol. The Kier molecular flexibility index (Phi) is 5.43. The van der Waals surface area contributed by atoms with Crippen molar-refractivity contribution >= 4 is 17.6 Å². The van der Waals surface area contributed by atoms with Crippen molar-refractivity contribution in [2.45, 2.75) is 32.7 Å². The van der Waals surface area contributed by atoms with Crippen molar-refractivity contribution < 1.29 is 18.4 Å². The van der Waals surface area contributed by atoms with Crippen molar-refractivity contribution in [3.05, 3.63) is 65.2 Å². The number of imide groups is 1. The zero-order valence-electron chi connectivity index (χ0n) is 16.8. The van der Waals surface area contributed by atoms with Crippen molar-refractivity contribution in [1.29, 1.82) is 0 Å². The molecule has 150 valence electrons. The van der Waals surface area contributed by atoms with Gasteiger partial charge in [-0.15, -0.1) is 0 Å². The number of hydrogen-bond acceptors (Lipinski definition) is 2. The number of nitrogens with zero attached hydrogens (tertiary/aromatic N) is 2. The molecule has 1 aliphatic heterocycles. The van der Waals surface area contributed by atoms with Crippen LogP contribution in [0, 0.1) is 29.4 Å². The first-order valence-corrected chi connectivity index (χ1v) is 9.32. The zero-order valence-corrected chi connectivity index (χ0v) is 16.8. The van der Waals surface area contributed by atoms with Crippen LogP contribution in [0.2, 0.25) is 0 Å². The summed E-state index contributed by atoms with van der Waals surface area (Å²) in [7, 11) is 1.54. The number of amides is 3. The molecule has 0 bridgehead atoms. The summed E-state index contributed by atoms with van der Waals surface area (Å²) in [5.74, 6) is 2.87. The molecule has 1 aliphatic rings. The zero-order chi connectivity index (χ0) is 21.3. The van der Waals surface area contributed by atoms with E-state index in [2.05, 4.69) is 11.8 Å². The Morgan fingerprint density at radius 2 is 1.55 bits per heavy atom. The highest BCUT2D eigenvalue weighted by molar-refractivity contribution is 6.16. The number of halogens is 2. The average molecular weight is 396 g/mol. The molecule has 1 heterocycles. The highest BCUT2D eigenvalue weighted by atomic mass is 19.1. The molecule has 0 unspecified atom stereocenters. The number of urea groups is 1. The van der Waals surface area contributed by atoms with E-state index >= 15 is 0 Å². The van der Waals surface area contributed by atoms with E-state index in [9.17, 15) is 18.4 Å². The molecule has 2 aromatic rings. The fraction of sp³-hybridized carbons (Fsp3) is 0.304. The van der Waals surface area contributed by atoms with Gasteiger partial charge in [-0.2, -0.15) is 0 Å². The Balaban J connectivity index is 1.97. The molecule has 2 aromatic carbocycles. The summed E-state index contributed by atoms with van der Waals surface area (Å²) in [6, 6.07) is 10.3. The minimum atomic E-state index is -1.01. The van der Waals surface area contributed by atoms with Crippen molar-refractivity contribution in [1.82, 2.24) is 4.90 Å². The molecule has 0 aromatic heterocycles. The highest BCUT2D eigenvalue weighted by Crippen LogP contribution is 2.36. The van der Waals surface area contributed by atoms with E-state index in [-0.39, 0.29) is 17.9 Å². The first-order chi connectivity index (χ1) is 13.6. The van der Waals surface area contributed by atoms with E-state index in [0.717, 1.165) is 12.1 Å². The maximum atomic E-state index is 14.8. The predicted octanol–water partition coefficient (Wildman–Crippen LogP) is 4.57. The number of rotatable bonds is 2. The summed E-state index contributed by atoms with van der Waals surface area (Å²) in [6.45, 7) is 5.59. The van der Waals surface area contributed by atoms with Gasteiger partial charge in [-0.05, 0) is 37.1 Å². The Morgan fingerprint density at radius 3 is 2.10 bits per heavy atom. The van der Waals surface area contributed by atoms with Crippen molar-refractivity contribution in [2.24, 2.45) is 5.92 Å². The third-order valence-electron chi connectivity index (χ3n) is 5.61. The molecule has 1 fully saturated rings. The lowest BCUT2D eigenvalue weighted by atomic mass is 9.82. The number of carbonyl (C=O) groups excluding carboxylic acids is 2. The topological polar surface area (TPSA) is 40.6 Å². The maximum Gasteiger partial charge on any atom is 0.331 e.